The molecule has 1 fully saturated rings. The van der Waals surface area contributed by atoms with Gasteiger partial charge in [-0.1, -0.05) is 12.1 Å². The minimum Gasteiger partial charge on any atom is -0.476 e. The number of benzene rings is 1. The van der Waals surface area contributed by atoms with Crippen molar-refractivity contribution >= 4 is 21.9 Å². The molecule has 1 aliphatic rings. The molecule has 0 bridgehead atoms. The lowest BCUT2D eigenvalue weighted by atomic mass is 10.1. The summed E-state index contributed by atoms with van der Waals surface area (Å²) in [4.78, 5) is 11.9. The van der Waals surface area contributed by atoms with E-state index in [1.807, 2.05) is 25.2 Å². The quantitative estimate of drug-likeness (QED) is 0.538. The second-order valence-corrected chi connectivity index (χ2v) is 6.93. The normalized spacial score (nSPS) is 15.5. The summed E-state index contributed by atoms with van der Waals surface area (Å²) in [7, 11) is 1.88. The maximum Gasteiger partial charge on any atom is 0.228 e. The Morgan fingerprint density at radius 1 is 1.11 bits per heavy atom. The Balaban J connectivity index is 1.49. The lowest BCUT2D eigenvalue weighted by Gasteiger charge is -2.26. The lowest BCUT2D eigenvalue weighted by Crippen LogP contribution is -2.44. The Labute approximate surface area is 161 Å². The van der Waals surface area contributed by atoms with E-state index in [9.17, 15) is 0 Å². The van der Waals surface area contributed by atoms with Gasteiger partial charge in [-0.05, 0) is 6.07 Å². The predicted molar refractivity (Wildman–Crippen MR) is 106 cm³/mol. The van der Waals surface area contributed by atoms with Gasteiger partial charge in [-0.25, -0.2) is 4.98 Å². The number of aromatic amines is 1. The fraction of sp³-hybridized carbons (Fsp3) is 0.368. The second-order valence-electron chi connectivity index (χ2n) is 6.93. The van der Waals surface area contributed by atoms with Crippen LogP contribution in [0.5, 0.6) is 5.88 Å². The number of hydrogen-bond donors (Lipinski definition) is 2. The zero-order valence-electron chi connectivity index (χ0n) is 15.7. The summed E-state index contributed by atoms with van der Waals surface area (Å²) >= 11 is 0. The molecule has 0 amide bonds. The fourth-order valence-electron chi connectivity index (χ4n) is 3.60. The number of ether oxygens (including phenoxy) is 1. The van der Waals surface area contributed by atoms with Crippen LogP contribution in [0.1, 0.15) is 0 Å². The average molecular weight is 378 g/mol. The molecule has 144 valence electrons. The van der Waals surface area contributed by atoms with Gasteiger partial charge in [0.1, 0.15) is 12.0 Å². The molecule has 0 spiro atoms. The number of aromatic nitrogens is 6. The highest BCUT2D eigenvalue weighted by molar-refractivity contribution is 5.93. The van der Waals surface area contributed by atoms with Crippen LogP contribution in [0, 0.1) is 0 Å². The Morgan fingerprint density at radius 3 is 2.89 bits per heavy atom. The van der Waals surface area contributed by atoms with E-state index in [0.29, 0.717) is 18.3 Å². The minimum atomic E-state index is 0.573. The zero-order valence-corrected chi connectivity index (χ0v) is 15.7. The van der Waals surface area contributed by atoms with Gasteiger partial charge in [-0.15, -0.1) is 0 Å². The van der Waals surface area contributed by atoms with Crippen molar-refractivity contribution in [3.63, 3.8) is 0 Å². The third kappa shape index (κ3) is 3.08. The molecule has 1 aromatic carbocycles. The molecule has 0 unspecified atom stereocenters. The summed E-state index contributed by atoms with van der Waals surface area (Å²) in [5.74, 6) is 1.18. The van der Waals surface area contributed by atoms with Crippen LogP contribution < -0.4 is 10.1 Å². The first-order valence-electron chi connectivity index (χ1n) is 9.48. The molecule has 2 N–H and O–H groups in total. The molecule has 4 aromatic rings. The molecule has 9 nitrogen and oxygen atoms in total. The van der Waals surface area contributed by atoms with Crippen LogP contribution in [-0.4, -0.2) is 74.2 Å². The maximum atomic E-state index is 6.10. The van der Waals surface area contributed by atoms with E-state index in [2.05, 4.69) is 25.5 Å². The maximum absolute atomic E-state index is 6.10. The molecule has 4 heterocycles. The second kappa shape index (κ2) is 7.17. The van der Waals surface area contributed by atoms with Crippen LogP contribution in [-0.2, 0) is 7.05 Å². The van der Waals surface area contributed by atoms with Crippen LogP contribution in [0.15, 0.2) is 30.6 Å². The molecule has 0 atom stereocenters. The smallest absolute Gasteiger partial charge is 0.228 e. The van der Waals surface area contributed by atoms with Gasteiger partial charge in [-0.3, -0.25) is 14.7 Å². The van der Waals surface area contributed by atoms with Crippen molar-refractivity contribution in [2.24, 2.45) is 7.05 Å². The van der Waals surface area contributed by atoms with Crippen molar-refractivity contribution in [1.82, 2.24) is 40.2 Å². The number of hydrogen-bond acceptors (Lipinski definition) is 7. The Kier molecular flexibility index (Phi) is 4.38. The third-order valence-corrected chi connectivity index (χ3v) is 5.14. The molecule has 0 aliphatic carbocycles. The number of aryl methyl sites for hydroxylation is 1. The summed E-state index contributed by atoms with van der Waals surface area (Å²) in [6.07, 6.45) is 3.56. The summed E-state index contributed by atoms with van der Waals surface area (Å²) in [5.41, 5.74) is 2.62. The zero-order chi connectivity index (χ0) is 18.9. The van der Waals surface area contributed by atoms with Gasteiger partial charge in [-0.2, -0.15) is 15.2 Å². The number of piperazine rings is 1. The summed E-state index contributed by atoms with van der Waals surface area (Å²) in [6.45, 7) is 5.60. The fourth-order valence-corrected chi connectivity index (χ4v) is 3.60. The molecule has 3 aromatic heterocycles. The minimum absolute atomic E-state index is 0.573. The molecule has 28 heavy (non-hydrogen) atoms. The molecule has 5 rings (SSSR count). The monoisotopic (exact) mass is 378 g/mol. The molecule has 1 saturated heterocycles. The van der Waals surface area contributed by atoms with Crippen molar-refractivity contribution in [3.05, 3.63) is 30.6 Å². The largest absolute Gasteiger partial charge is 0.476 e. The Morgan fingerprint density at radius 2 is 2.00 bits per heavy atom. The summed E-state index contributed by atoms with van der Waals surface area (Å²) < 4.78 is 7.85. The van der Waals surface area contributed by atoms with E-state index >= 15 is 0 Å². The third-order valence-electron chi connectivity index (χ3n) is 5.14. The lowest BCUT2D eigenvalue weighted by molar-refractivity contribution is 0.189. The van der Waals surface area contributed by atoms with Gasteiger partial charge >= 0.3 is 0 Å². The molecule has 0 saturated carbocycles. The van der Waals surface area contributed by atoms with Gasteiger partial charge in [0.15, 0.2) is 11.5 Å². The highest BCUT2D eigenvalue weighted by atomic mass is 16.5. The van der Waals surface area contributed by atoms with E-state index in [1.165, 1.54) is 0 Å². The van der Waals surface area contributed by atoms with Crippen molar-refractivity contribution in [1.29, 1.82) is 0 Å². The number of nitrogens with zero attached hydrogens (tertiary/aromatic N) is 6. The van der Waals surface area contributed by atoms with Crippen molar-refractivity contribution in [2.75, 3.05) is 39.3 Å². The molecule has 9 heteroatoms. The predicted octanol–water partition coefficient (Wildman–Crippen LogP) is 1.19. The number of H-pyrrole nitrogens is 1. The standard InChI is InChI=1S/C19H22N8O/c1-26-18-15(12-22-26)19(28-10-9-27-7-5-20-6-8-27)24-17(23-18)13-3-2-4-16-14(13)11-21-25-16/h2-4,11-12,20H,5-10H2,1H3,(H,21,25). The first-order valence-corrected chi connectivity index (χ1v) is 9.48. The van der Waals surface area contributed by atoms with E-state index in [1.54, 1.807) is 17.1 Å². The Hall–Kier alpha value is -3.04. The average Bonchev–Trinajstić information content (AvgIpc) is 3.35. The van der Waals surface area contributed by atoms with Crippen molar-refractivity contribution < 1.29 is 4.74 Å². The van der Waals surface area contributed by atoms with Crippen molar-refractivity contribution in [3.8, 4) is 17.3 Å². The van der Waals surface area contributed by atoms with Crippen molar-refractivity contribution in [2.45, 2.75) is 0 Å². The van der Waals surface area contributed by atoms with E-state index < -0.39 is 0 Å². The van der Waals surface area contributed by atoms with Crippen LogP contribution in [0.2, 0.25) is 0 Å². The van der Waals surface area contributed by atoms with Gasteiger partial charge in [0.05, 0.1) is 17.9 Å². The topological polar surface area (TPSA) is 96.8 Å². The highest BCUT2D eigenvalue weighted by Gasteiger charge is 2.17. The van der Waals surface area contributed by atoms with Gasteiger partial charge in [0, 0.05) is 50.7 Å². The van der Waals surface area contributed by atoms with Gasteiger partial charge in [0.25, 0.3) is 0 Å². The highest BCUT2D eigenvalue weighted by Crippen LogP contribution is 2.29. The van der Waals surface area contributed by atoms with E-state index in [4.69, 9.17) is 14.7 Å². The Bertz CT molecular complexity index is 1110. The summed E-state index contributed by atoms with van der Waals surface area (Å²) in [5, 5.41) is 16.6. The van der Waals surface area contributed by atoms with Crippen LogP contribution in [0.3, 0.4) is 0 Å². The van der Waals surface area contributed by atoms with Gasteiger partial charge in [0.2, 0.25) is 5.88 Å². The van der Waals surface area contributed by atoms with E-state index in [0.717, 1.165) is 60.2 Å². The van der Waals surface area contributed by atoms with Crippen LogP contribution in [0.4, 0.5) is 0 Å². The van der Waals surface area contributed by atoms with E-state index in [-0.39, 0.29) is 0 Å². The van der Waals surface area contributed by atoms with Crippen LogP contribution in [0.25, 0.3) is 33.3 Å². The van der Waals surface area contributed by atoms with Gasteiger partial charge < -0.3 is 10.1 Å². The molecule has 0 radical (unpaired) electrons. The number of nitrogens with one attached hydrogen (secondary N) is 2. The SMILES string of the molecule is Cn1ncc2c(OCCN3CCNCC3)nc(-c3cccc4[nH]ncc34)nc21. The first-order chi connectivity index (χ1) is 13.8. The summed E-state index contributed by atoms with van der Waals surface area (Å²) in [6, 6.07) is 5.96. The number of fused-ring (bicyclic) bond motifs is 2. The molecular weight excluding hydrogens is 356 g/mol. The first kappa shape index (κ1) is 17.1. The molecular formula is C19H22N8O. The molecule has 1 aliphatic heterocycles. The van der Waals surface area contributed by atoms with Crippen LogP contribution >= 0.6 is 0 Å². The number of rotatable bonds is 5.